The van der Waals surface area contributed by atoms with E-state index >= 15 is 0 Å². The maximum atomic E-state index is 10.8. The van der Waals surface area contributed by atoms with E-state index in [0.29, 0.717) is 17.9 Å². The molecule has 142 valence electrons. The summed E-state index contributed by atoms with van der Waals surface area (Å²) in [7, 11) is 0. The molecular formula is C20H19N5O3. The van der Waals surface area contributed by atoms with E-state index in [1.165, 1.54) is 11.1 Å². The number of aromatic nitrogens is 4. The second-order valence-corrected chi connectivity index (χ2v) is 7.31. The molecule has 0 radical (unpaired) electrons. The van der Waals surface area contributed by atoms with Crippen LogP contribution in [0.3, 0.4) is 0 Å². The Kier molecular flexibility index (Phi) is 4.03. The van der Waals surface area contributed by atoms with Crippen LogP contribution >= 0.6 is 0 Å². The van der Waals surface area contributed by atoms with Crippen molar-refractivity contribution in [2.24, 2.45) is 0 Å². The predicted molar refractivity (Wildman–Crippen MR) is 99.1 cm³/mol. The van der Waals surface area contributed by atoms with E-state index in [9.17, 15) is 4.79 Å². The minimum atomic E-state index is -0.991. The van der Waals surface area contributed by atoms with Gasteiger partial charge >= 0.3 is 5.97 Å². The summed E-state index contributed by atoms with van der Waals surface area (Å²) in [4.78, 5) is 20.0. The zero-order chi connectivity index (χ0) is 19.1. The maximum absolute atomic E-state index is 10.8. The van der Waals surface area contributed by atoms with Gasteiger partial charge in [0.25, 0.3) is 0 Å². The quantitative estimate of drug-likeness (QED) is 0.695. The molecule has 0 saturated heterocycles. The van der Waals surface area contributed by atoms with Gasteiger partial charge in [-0.05, 0) is 36.8 Å². The lowest BCUT2D eigenvalue weighted by molar-refractivity contribution is -0.136. The fourth-order valence-corrected chi connectivity index (χ4v) is 4.13. The van der Waals surface area contributed by atoms with Crippen molar-refractivity contribution in [3.63, 3.8) is 0 Å². The zero-order valence-corrected chi connectivity index (χ0v) is 15.1. The Bertz CT molecular complexity index is 1020. The van der Waals surface area contributed by atoms with Gasteiger partial charge in [0.1, 0.15) is 6.42 Å². The van der Waals surface area contributed by atoms with Crippen LogP contribution in [0.4, 0.5) is 5.95 Å². The van der Waals surface area contributed by atoms with Crippen LogP contribution in [0.1, 0.15) is 46.5 Å². The molecule has 8 nitrogen and oxygen atoms in total. The van der Waals surface area contributed by atoms with Crippen LogP contribution in [0.2, 0.25) is 0 Å². The van der Waals surface area contributed by atoms with Crippen LogP contribution in [-0.4, -0.2) is 37.3 Å². The minimum Gasteiger partial charge on any atom is -0.481 e. The first kappa shape index (κ1) is 16.9. The standard InChI is InChI=1S/C20H19N5O3/c26-18(27)9-17-24-25-19(28-17)14-5-6-16-15(14)10-21-20(23-16)22-13-7-11-3-1-2-4-12(11)8-13/h1-4,10,13-14H,5-9H2,(H,26,27)(H,21,22,23). The van der Waals surface area contributed by atoms with Crippen LogP contribution in [0.25, 0.3) is 0 Å². The summed E-state index contributed by atoms with van der Waals surface area (Å²) in [6, 6.07) is 8.81. The molecule has 0 fully saturated rings. The number of hydrogen-bond acceptors (Lipinski definition) is 7. The Morgan fingerprint density at radius 1 is 1.21 bits per heavy atom. The molecule has 2 aromatic heterocycles. The number of rotatable bonds is 5. The third kappa shape index (κ3) is 3.11. The summed E-state index contributed by atoms with van der Waals surface area (Å²) in [6.07, 6.45) is 5.12. The molecule has 0 aliphatic heterocycles. The number of nitrogens with zero attached hydrogens (tertiary/aromatic N) is 4. The van der Waals surface area contributed by atoms with Gasteiger partial charge in [-0.25, -0.2) is 9.97 Å². The van der Waals surface area contributed by atoms with Gasteiger partial charge in [-0.15, -0.1) is 10.2 Å². The monoisotopic (exact) mass is 377 g/mol. The number of carboxylic acids is 1. The van der Waals surface area contributed by atoms with Gasteiger partial charge in [0.15, 0.2) is 0 Å². The van der Waals surface area contributed by atoms with Gasteiger partial charge in [0, 0.05) is 23.5 Å². The van der Waals surface area contributed by atoms with E-state index in [1.807, 2.05) is 6.20 Å². The molecule has 0 bridgehead atoms. The summed E-state index contributed by atoms with van der Waals surface area (Å²) >= 11 is 0. The van der Waals surface area contributed by atoms with Gasteiger partial charge in [0.05, 0.1) is 5.92 Å². The number of fused-ring (bicyclic) bond motifs is 2. The second-order valence-electron chi connectivity index (χ2n) is 7.31. The molecule has 1 aromatic carbocycles. The van der Waals surface area contributed by atoms with Crippen molar-refractivity contribution in [2.45, 2.75) is 44.1 Å². The number of hydrogen-bond donors (Lipinski definition) is 2. The molecule has 0 amide bonds. The van der Waals surface area contributed by atoms with Gasteiger partial charge in [-0.3, -0.25) is 4.79 Å². The molecular weight excluding hydrogens is 358 g/mol. The maximum Gasteiger partial charge on any atom is 0.312 e. The fourth-order valence-electron chi connectivity index (χ4n) is 4.13. The molecule has 0 saturated carbocycles. The van der Waals surface area contributed by atoms with Crippen molar-refractivity contribution in [1.82, 2.24) is 20.2 Å². The fraction of sp³-hybridized carbons (Fsp3) is 0.350. The summed E-state index contributed by atoms with van der Waals surface area (Å²) in [6.45, 7) is 0. The minimum absolute atomic E-state index is 0.0742. The number of benzene rings is 1. The highest BCUT2D eigenvalue weighted by Gasteiger charge is 2.31. The Morgan fingerprint density at radius 3 is 2.75 bits per heavy atom. The van der Waals surface area contributed by atoms with Crippen molar-refractivity contribution in [3.8, 4) is 0 Å². The first-order chi connectivity index (χ1) is 13.7. The number of carboxylic acid groups (broad SMARTS) is 1. The number of aryl methyl sites for hydroxylation is 1. The number of anilines is 1. The highest BCUT2D eigenvalue weighted by atomic mass is 16.4. The van der Waals surface area contributed by atoms with E-state index in [1.54, 1.807) is 0 Å². The largest absolute Gasteiger partial charge is 0.481 e. The highest BCUT2D eigenvalue weighted by molar-refractivity contribution is 5.68. The lowest BCUT2D eigenvalue weighted by atomic mass is 10.0. The smallest absolute Gasteiger partial charge is 0.312 e. The molecule has 5 rings (SSSR count). The van der Waals surface area contributed by atoms with Crippen molar-refractivity contribution in [3.05, 3.63) is 64.6 Å². The predicted octanol–water partition coefficient (Wildman–Crippen LogP) is 2.14. The molecule has 2 heterocycles. The molecule has 2 aliphatic rings. The topological polar surface area (TPSA) is 114 Å². The van der Waals surface area contributed by atoms with Gasteiger partial charge in [-0.2, -0.15) is 0 Å². The average Bonchev–Trinajstić information content (AvgIpc) is 3.38. The summed E-state index contributed by atoms with van der Waals surface area (Å²) in [5, 5.41) is 20.2. The third-order valence-corrected chi connectivity index (χ3v) is 5.41. The lowest BCUT2D eigenvalue weighted by Crippen LogP contribution is -2.21. The van der Waals surface area contributed by atoms with Crippen LogP contribution < -0.4 is 5.32 Å². The normalized spacial score (nSPS) is 18.1. The van der Waals surface area contributed by atoms with E-state index < -0.39 is 5.97 Å². The molecule has 2 aliphatic carbocycles. The van der Waals surface area contributed by atoms with E-state index in [2.05, 4.69) is 44.8 Å². The van der Waals surface area contributed by atoms with Crippen LogP contribution in [-0.2, 0) is 30.5 Å². The third-order valence-electron chi connectivity index (χ3n) is 5.41. The van der Waals surface area contributed by atoms with Crippen molar-refractivity contribution in [1.29, 1.82) is 0 Å². The Hall–Kier alpha value is -3.29. The zero-order valence-electron chi connectivity index (χ0n) is 15.1. The number of nitrogens with one attached hydrogen (secondary N) is 1. The average molecular weight is 377 g/mol. The molecule has 0 spiro atoms. The van der Waals surface area contributed by atoms with E-state index in [4.69, 9.17) is 14.5 Å². The van der Waals surface area contributed by atoms with Crippen molar-refractivity contribution >= 4 is 11.9 Å². The van der Waals surface area contributed by atoms with Crippen LogP contribution in [0.15, 0.2) is 34.9 Å². The van der Waals surface area contributed by atoms with Crippen molar-refractivity contribution in [2.75, 3.05) is 5.32 Å². The molecule has 2 N–H and O–H groups in total. The molecule has 28 heavy (non-hydrogen) atoms. The molecule has 8 heteroatoms. The van der Waals surface area contributed by atoms with Gasteiger partial charge in [-0.1, -0.05) is 24.3 Å². The first-order valence-corrected chi connectivity index (χ1v) is 9.39. The van der Waals surface area contributed by atoms with Crippen LogP contribution in [0, 0.1) is 0 Å². The Morgan fingerprint density at radius 2 is 2.00 bits per heavy atom. The second kappa shape index (κ2) is 6.70. The summed E-state index contributed by atoms with van der Waals surface area (Å²) in [5.41, 5.74) is 4.73. The molecule has 3 aromatic rings. The number of carbonyl (C=O) groups is 1. The summed E-state index contributed by atoms with van der Waals surface area (Å²) in [5.74, 6) is 0.140. The van der Waals surface area contributed by atoms with Crippen LogP contribution in [0.5, 0.6) is 0 Å². The lowest BCUT2D eigenvalue weighted by Gasteiger charge is -2.13. The summed E-state index contributed by atoms with van der Waals surface area (Å²) < 4.78 is 5.53. The van der Waals surface area contributed by atoms with E-state index in [-0.39, 0.29) is 18.2 Å². The number of aliphatic carboxylic acids is 1. The highest BCUT2D eigenvalue weighted by Crippen LogP contribution is 2.36. The SMILES string of the molecule is O=C(O)Cc1nnc(C2CCc3nc(NC4Cc5ccccc5C4)ncc32)o1. The Balaban J connectivity index is 1.31. The van der Waals surface area contributed by atoms with E-state index in [0.717, 1.165) is 36.9 Å². The van der Waals surface area contributed by atoms with Gasteiger partial charge in [0.2, 0.25) is 17.7 Å². The van der Waals surface area contributed by atoms with Gasteiger partial charge < -0.3 is 14.8 Å². The molecule has 1 atom stereocenters. The Labute approximate surface area is 161 Å². The first-order valence-electron chi connectivity index (χ1n) is 9.39. The van der Waals surface area contributed by atoms with Crippen molar-refractivity contribution < 1.29 is 14.3 Å². The molecule has 1 unspecified atom stereocenters.